The van der Waals surface area contributed by atoms with E-state index in [1.165, 1.54) is 17.1 Å². The summed E-state index contributed by atoms with van der Waals surface area (Å²) in [6.45, 7) is 5.91. The first-order chi connectivity index (χ1) is 8.47. The number of carbonyl (C=O) groups is 1. The van der Waals surface area contributed by atoms with Crippen LogP contribution in [0.2, 0.25) is 0 Å². The predicted molar refractivity (Wildman–Crippen MR) is 70.5 cm³/mol. The summed E-state index contributed by atoms with van der Waals surface area (Å²) in [5, 5.41) is 0. The average Bonchev–Trinajstić information content (AvgIpc) is 2.30. The third-order valence-electron chi connectivity index (χ3n) is 3.51. The molecule has 0 aromatic carbocycles. The standard InChI is InChI=1S/C14H20N2O2/c1-10-6-11(2)9-16(8-10)14(18)12-4-5-15(3)13(17)7-12/h4-5,7,10-11H,6,8-9H2,1-3H3. The molecule has 1 aliphatic rings. The highest BCUT2D eigenvalue weighted by atomic mass is 16.2. The Bertz CT molecular complexity index is 497. The second kappa shape index (κ2) is 4.96. The Hall–Kier alpha value is -1.58. The number of aryl methyl sites for hydroxylation is 1. The van der Waals surface area contributed by atoms with E-state index in [1.54, 1.807) is 19.3 Å². The van der Waals surface area contributed by atoms with Crippen molar-refractivity contribution in [3.05, 3.63) is 34.2 Å². The molecule has 0 saturated carbocycles. The van der Waals surface area contributed by atoms with E-state index in [0.717, 1.165) is 13.1 Å². The Morgan fingerprint density at radius 3 is 2.44 bits per heavy atom. The number of pyridine rings is 1. The van der Waals surface area contributed by atoms with Gasteiger partial charge in [-0.05, 0) is 24.3 Å². The third kappa shape index (κ3) is 2.63. The molecule has 0 aliphatic carbocycles. The molecule has 2 unspecified atom stereocenters. The van der Waals surface area contributed by atoms with E-state index >= 15 is 0 Å². The van der Waals surface area contributed by atoms with Crippen LogP contribution in [0.15, 0.2) is 23.1 Å². The third-order valence-corrected chi connectivity index (χ3v) is 3.51. The van der Waals surface area contributed by atoms with Gasteiger partial charge in [-0.1, -0.05) is 13.8 Å². The number of piperidine rings is 1. The van der Waals surface area contributed by atoms with Crippen molar-refractivity contribution in [1.29, 1.82) is 0 Å². The molecule has 4 nitrogen and oxygen atoms in total. The van der Waals surface area contributed by atoms with Crippen LogP contribution in [0.3, 0.4) is 0 Å². The number of carbonyl (C=O) groups excluding carboxylic acids is 1. The van der Waals surface area contributed by atoms with E-state index < -0.39 is 0 Å². The summed E-state index contributed by atoms with van der Waals surface area (Å²) < 4.78 is 1.47. The number of likely N-dealkylation sites (tertiary alicyclic amines) is 1. The lowest BCUT2D eigenvalue weighted by Gasteiger charge is -2.35. The van der Waals surface area contributed by atoms with E-state index in [-0.39, 0.29) is 11.5 Å². The van der Waals surface area contributed by atoms with Gasteiger partial charge in [0.25, 0.3) is 11.5 Å². The number of nitrogens with zero attached hydrogens (tertiary/aromatic N) is 2. The van der Waals surface area contributed by atoms with Crippen LogP contribution in [0, 0.1) is 11.8 Å². The monoisotopic (exact) mass is 248 g/mol. The largest absolute Gasteiger partial charge is 0.338 e. The minimum absolute atomic E-state index is 0.0221. The highest BCUT2D eigenvalue weighted by Gasteiger charge is 2.26. The maximum atomic E-state index is 12.3. The molecule has 1 aromatic heterocycles. The lowest BCUT2D eigenvalue weighted by molar-refractivity contribution is 0.0623. The first-order valence-electron chi connectivity index (χ1n) is 6.43. The molecule has 0 bridgehead atoms. The average molecular weight is 248 g/mol. The molecular weight excluding hydrogens is 228 g/mol. The molecule has 2 atom stereocenters. The van der Waals surface area contributed by atoms with Gasteiger partial charge in [0.05, 0.1) is 0 Å². The Kier molecular flexibility index (Phi) is 3.55. The molecule has 0 N–H and O–H groups in total. The van der Waals surface area contributed by atoms with Crippen molar-refractivity contribution in [2.24, 2.45) is 18.9 Å². The maximum Gasteiger partial charge on any atom is 0.254 e. The number of hydrogen-bond donors (Lipinski definition) is 0. The highest BCUT2D eigenvalue weighted by Crippen LogP contribution is 2.22. The molecule has 18 heavy (non-hydrogen) atoms. The maximum absolute atomic E-state index is 12.3. The minimum Gasteiger partial charge on any atom is -0.338 e. The van der Waals surface area contributed by atoms with Crippen LogP contribution in [-0.4, -0.2) is 28.5 Å². The van der Waals surface area contributed by atoms with E-state index in [0.29, 0.717) is 17.4 Å². The molecule has 1 amide bonds. The molecule has 1 aromatic rings. The van der Waals surface area contributed by atoms with E-state index in [9.17, 15) is 9.59 Å². The molecule has 2 heterocycles. The van der Waals surface area contributed by atoms with Gasteiger partial charge in [0.2, 0.25) is 0 Å². The van der Waals surface area contributed by atoms with Crippen LogP contribution in [-0.2, 0) is 7.05 Å². The lowest BCUT2D eigenvalue weighted by atomic mass is 9.91. The molecule has 0 radical (unpaired) electrons. The Morgan fingerprint density at radius 1 is 1.28 bits per heavy atom. The summed E-state index contributed by atoms with van der Waals surface area (Å²) in [6.07, 6.45) is 2.81. The smallest absolute Gasteiger partial charge is 0.254 e. The van der Waals surface area contributed by atoms with Crippen LogP contribution in [0.25, 0.3) is 0 Å². The Balaban J connectivity index is 2.20. The second-order valence-corrected chi connectivity index (χ2v) is 5.52. The van der Waals surface area contributed by atoms with Crippen molar-refractivity contribution in [2.75, 3.05) is 13.1 Å². The number of aromatic nitrogens is 1. The van der Waals surface area contributed by atoms with E-state index in [4.69, 9.17) is 0 Å². The summed E-state index contributed by atoms with van der Waals surface area (Å²) in [7, 11) is 1.68. The van der Waals surface area contributed by atoms with Crippen molar-refractivity contribution in [3.8, 4) is 0 Å². The van der Waals surface area contributed by atoms with Gasteiger partial charge < -0.3 is 9.47 Å². The van der Waals surface area contributed by atoms with Crippen molar-refractivity contribution in [2.45, 2.75) is 20.3 Å². The summed E-state index contributed by atoms with van der Waals surface area (Å²) in [6, 6.07) is 3.14. The van der Waals surface area contributed by atoms with Crippen LogP contribution in [0.4, 0.5) is 0 Å². The molecule has 1 saturated heterocycles. The van der Waals surface area contributed by atoms with Gasteiger partial charge in [-0.3, -0.25) is 9.59 Å². The van der Waals surface area contributed by atoms with Crippen molar-refractivity contribution < 1.29 is 4.79 Å². The fourth-order valence-corrected chi connectivity index (χ4v) is 2.69. The van der Waals surface area contributed by atoms with Crippen LogP contribution in [0.5, 0.6) is 0 Å². The van der Waals surface area contributed by atoms with Gasteiger partial charge in [-0.15, -0.1) is 0 Å². The predicted octanol–water partition coefficient (Wildman–Crippen LogP) is 1.50. The fraction of sp³-hybridized carbons (Fsp3) is 0.571. The molecule has 1 fully saturated rings. The van der Waals surface area contributed by atoms with E-state index in [2.05, 4.69) is 13.8 Å². The first kappa shape index (κ1) is 12.9. The lowest BCUT2D eigenvalue weighted by Crippen LogP contribution is -2.42. The molecule has 0 spiro atoms. The van der Waals surface area contributed by atoms with Gasteiger partial charge >= 0.3 is 0 Å². The number of rotatable bonds is 1. The Morgan fingerprint density at radius 2 is 1.89 bits per heavy atom. The molecule has 1 aliphatic heterocycles. The van der Waals surface area contributed by atoms with E-state index in [1.807, 2.05) is 4.90 Å². The zero-order valence-corrected chi connectivity index (χ0v) is 11.2. The van der Waals surface area contributed by atoms with Crippen molar-refractivity contribution in [1.82, 2.24) is 9.47 Å². The molecule has 98 valence electrons. The quantitative estimate of drug-likeness (QED) is 0.756. The van der Waals surface area contributed by atoms with Gasteiger partial charge in [-0.2, -0.15) is 0 Å². The zero-order chi connectivity index (χ0) is 13.3. The Labute approximate surface area is 107 Å². The molecular formula is C14H20N2O2. The zero-order valence-electron chi connectivity index (χ0n) is 11.2. The van der Waals surface area contributed by atoms with Gasteiger partial charge in [-0.25, -0.2) is 0 Å². The summed E-state index contributed by atoms with van der Waals surface area (Å²) >= 11 is 0. The minimum atomic E-state index is -0.140. The van der Waals surface area contributed by atoms with Crippen molar-refractivity contribution >= 4 is 5.91 Å². The second-order valence-electron chi connectivity index (χ2n) is 5.52. The summed E-state index contributed by atoms with van der Waals surface area (Å²) in [4.78, 5) is 25.7. The number of amides is 1. The highest BCUT2D eigenvalue weighted by molar-refractivity contribution is 5.94. The summed E-state index contributed by atoms with van der Waals surface area (Å²) in [5.41, 5.74) is 0.360. The number of hydrogen-bond acceptors (Lipinski definition) is 2. The van der Waals surface area contributed by atoms with Gasteiger partial charge in [0.15, 0.2) is 0 Å². The summed E-state index contributed by atoms with van der Waals surface area (Å²) in [5.74, 6) is 1.04. The van der Waals surface area contributed by atoms with Crippen molar-refractivity contribution in [3.63, 3.8) is 0 Å². The topological polar surface area (TPSA) is 42.3 Å². The first-order valence-corrected chi connectivity index (χ1v) is 6.43. The normalized spacial score (nSPS) is 24.1. The fourth-order valence-electron chi connectivity index (χ4n) is 2.69. The van der Waals surface area contributed by atoms with Crippen LogP contribution < -0.4 is 5.56 Å². The van der Waals surface area contributed by atoms with Gasteiger partial charge in [0, 0.05) is 38.0 Å². The van der Waals surface area contributed by atoms with Crippen LogP contribution >= 0.6 is 0 Å². The molecule has 2 rings (SSSR count). The molecule has 4 heteroatoms. The van der Waals surface area contributed by atoms with Gasteiger partial charge in [0.1, 0.15) is 0 Å². The SMILES string of the molecule is CC1CC(C)CN(C(=O)c2ccn(C)c(=O)c2)C1. The van der Waals surface area contributed by atoms with Crippen LogP contribution in [0.1, 0.15) is 30.6 Å².